The first-order chi connectivity index (χ1) is 16.6. The van der Waals surface area contributed by atoms with Crippen LogP contribution in [-0.2, 0) is 19.3 Å². The highest BCUT2D eigenvalue weighted by atomic mass is 19.4. The van der Waals surface area contributed by atoms with Gasteiger partial charge in [-0.3, -0.25) is 14.2 Å². The van der Waals surface area contributed by atoms with Gasteiger partial charge in [-0.1, -0.05) is 12.1 Å². The average Bonchev–Trinajstić information content (AvgIpc) is 3.34. The summed E-state index contributed by atoms with van der Waals surface area (Å²) in [6.07, 6.45) is -3.22. The Kier molecular flexibility index (Phi) is 6.36. The van der Waals surface area contributed by atoms with Gasteiger partial charge in [-0.15, -0.1) is 0 Å². The zero-order valence-corrected chi connectivity index (χ0v) is 17.8. The number of carbonyl (C=O) groups is 1. The summed E-state index contributed by atoms with van der Waals surface area (Å²) < 4.78 is 58.9. The van der Waals surface area contributed by atoms with Crippen LogP contribution in [0.1, 0.15) is 27.4 Å². The van der Waals surface area contributed by atoms with E-state index in [2.05, 4.69) is 10.4 Å². The molecule has 0 bridgehead atoms. The first kappa shape index (κ1) is 23.7. The molecule has 2 heterocycles. The highest BCUT2D eigenvalue weighted by molar-refractivity contribution is 5.91. The molecule has 0 aliphatic rings. The van der Waals surface area contributed by atoms with Crippen LogP contribution in [0.5, 0.6) is 0 Å². The lowest BCUT2D eigenvalue weighted by molar-refractivity contribution is -0.137. The molecule has 0 radical (unpaired) electrons. The van der Waals surface area contributed by atoms with Crippen LogP contribution >= 0.6 is 0 Å². The molecule has 0 fully saturated rings. The van der Waals surface area contributed by atoms with E-state index in [0.717, 1.165) is 30.3 Å². The molecule has 0 unspecified atom stereocenters. The first-order valence-electron chi connectivity index (χ1n) is 10.1. The average molecular weight is 488 g/mol. The molecular weight excluding hydrogens is 472 g/mol. The predicted octanol–water partition coefficient (Wildman–Crippen LogP) is 3.12. The normalized spacial score (nSPS) is 11.4. The van der Waals surface area contributed by atoms with Crippen LogP contribution in [0.15, 0.2) is 80.9 Å². The summed E-state index contributed by atoms with van der Waals surface area (Å²) in [5.41, 5.74) is -3.60. The number of amides is 1. The summed E-state index contributed by atoms with van der Waals surface area (Å²) in [6.45, 7) is -0.493. The van der Waals surface area contributed by atoms with E-state index < -0.39 is 47.0 Å². The molecule has 0 aliphatic heterocycles. The van der Waals surface area contributed by atoms with Gasteiger partial charge in [0.15, 0.2) is 0 Å². The lowest BCUT2D eigenvalue weighted by Crippen LogP contribution is -2.46. The van der Waals surface area contributed by atoms with E-state index >= 15 is 0 Å². The minimum Gasteiger partial charge on any atom is -0.467 e. The molecule has 2 aromatic heterocycles. The fourth-order valence-corrected chi connectivity index (χ4v) is 3.24. The maximum atomic E-state index is 13.6. The molecule has 0 saturated heterocycles. The van der Waals surface area contributed by atoms with Crippen molar-refractivity contribution < 1.29 is 26.8 Å². The Morgan fingerprint density at radius 3 is 2.40 bits per heavy atom. The highest BCUT2D eigenvalue weighted by Gasteiger charge is 2.30. The van der Waals surface area contributed by atoms with E-state index in [0.29, 0.717) is 15.0 Å². The fourth-order valence-electron chi connectivity index (χ4n) is 3.24. The molecule has 12 heteroatoms. The van der Waals surface area contributed by atoms with E-state index in [1.165, 1.54) is 24.5 Å². The summed E-state index contributed by atoms with van der Waals surface area (Å²) in [6, 6.07) is 11.7. The van der Waals surface area contributed by atoms with Gasteiger partial charge in [0.25, 0.3) is 11.5 Å². The second-order valence-electron chi connectivity index (χ2n) is 7.37. The van der Waals surface area contributed by atoms with Gasteiger partial charge in [0.05, 0.1) is 30.6 Å². The Morgan fingerprint density at radius 1 is 1.03 bits per heavy atom. The third kappa shape index (κ3) is 5.21. The highest BCUT2D eigenvalue weighted by Crippen LogP contribution is 2.29. The molecular formula is C23H16F4N4O4. The number of halogens is 4. The second-order valence-corrected chi connectivity index (χ2v) is 7.37. The van der Waals surface area contributed by atoms with Crippen molar-refractivity contribution in [1.29, 1.82) is 0 Å². The molecule has 4 rings (SSSR count). The van der Waals surface area contributed by atoms with Crippen LogP contribution in [0.3, 0.4) is 0 Å². The van der Waals surface area contributed by atoms with Crippen LogP contribution in [0.25, 0.3) is 5.69 Å². The molecule has 0 spiro atoms. The Bertz CT molecular complexity index is 1470. The van der Waals surface area contributed by atoms with Crippen molar-refractivity contribution in [3.05, 3.63) is 116 Å². The van der Waals surface area contributed by atoms with Crippen molar-refractivity contribution >= 4 is 5.91 Å². The number of benzene rings is 2. The summed E-state index contributed by atoms with van der Waals surface area (Å²) >= 11 is 0. The lowest BCUT2D eigenvalue weighted by Gasteiger charge is -2.13. The van der Waals surface area contributed by atoms with E-state index in [1.807, 2.05) is 0 Å². The van der Waals surface area contributed by atoms with E-state index in [1.54, 1.807) is 12.1 Å². The summed E-state index contributed by atoms with van der Waals surface area (Å²) in [5.74, 6) is -1.17. The van der Waals surface area contributed by atoms with Gasteiger partial charge in [0, 0.05) is 0 Å². The minimum absolute atomic E-state index is 0.0870. The van der Waals surface area contributed by atoms with Crippen molar-refractivity contribution in [3.63, 3.8) is 0 Å². The number of nitrogens with one attached hydrogen (secondary N) is 1. The number of hydrogen-bond acceptors (Lipinski definition) is 5. The molecule has 0 saturated carbocycles. The zero-order chi connectivity index (χ0) is 25.2. The van der Waals surface area contributed by atoms with E-state index in [4.69, 9.17) is 4.42 Å². The maximum Gasteiger partial charge on any atom is 0.416 e. The molecule has 4 aromatic rings. The number of aromatic nitrogens is 3. The number of nitrogens with zero attached hydrogens (tertiary/aromatic N) is 3. The van der Waals surface area contributed by atoms with Gasteiger partial charge < -0.3 is 9.73 Å². The van der Waals surface area contributed by atoms with Crippen molar-refractivity contribution in [2.45, 2.75) is 19.3 Å². The summed E-state index contributed by atoms with van der Waals surface area (Å²) in [7, 11) is 0. The van der Waals surface area contributed by atoms with Crippen LogP contribution in [-0.4, -0.2) is 20.3 Å². The molecule has 0 atom stereocenters. The van der Waals surface area contributed by atoms with Gasteiger partial charge in [0.2, 0.25) is 5.69 Å². The monoisotopic (exact) mass is 488 g/mol. The zero-order valence-electron chi connectivity index (χ0n) is 17.8. The Balaban J connectivity index is 1.80. The van der Waals surface area contributed by atoms with Gasteiger partial charge in [0.1, 0.15) is 11.6 Å². The fraction of sp³-hybridized carbons (Fsp3) is 0.130. The van der Waals surface area contributed by atoms with Crippen molar-refractivity contribution in [2.75, 3.05) is 0 Å². The summed E-state index contributed by atoms with van der Waals surface area (Å²) in [5, 5.41) is 6.26. The Morgan fingerprint density at radius 2 is 1.77 bits per heavy atom. The maximum absolute atomic E-state index is 13.6. The quantitative estimate of drug-likeness (QED) is 0.421. The molecule has 0 aliphatic carbocycles. The van der Waals surface area contributed by atoms with Gasteiger partial charge in [-0.2, -0.15) is 23.0 Å². The van der Waals surface area contributed by atoms with Gasteiger partial charge >= 0.3 is 11.9 Å². The van der Waals surface area contributed by atoms with Crippen LogP contribution < -0.4 is 16.6 Å². The van der Waals surface area contributed by atoms with Crippen LogP contribution in [0.4, 0.5) is 17.6 Å². The van der Waals surface area contributed by atoms with Crippen molar-refractivity contribution in [2.24, 2.45) is 0 Å². The predicted molar refractivity (Wildman–Crippen MR) is 114 cm³/mol. The molecule has 35 heavy (non-hydrogen) atoms. The number of furan rings is 1. The second kappa shape index (κ2) is 9.41. The summed E-state index contributed by atoms with van der Waals surface area (Å²) in [4.78, 5) is 38.8. The van der Waals surface area contributed by atoms with E-state index in [-0.39, 0.29) is 17.8 Å². The number of carbonyl (C=O) groups excluding carboxylic acids is 1. The Labute approximate surface area is 194 Å². The third-order valence-electron chi connectivity index (χ3n) is 4.95. The third-order valence-corrected chi connectivity index (χ3v) is 4.95. The van der Waals surface area contributed by atoms with Gasteiger partial charge in [-0.25, -0.2) is 9.18 Å². The SMILES string of the molecule is O=C(NCc1ccco1)c1nn(-c2ccc(C(F)(F)F)cc2)c(=O)n(Cc2cccc(F)c2)c1=O. The topological polar surface area (TPSA) is 99.1 Å². The lowest BCUT2D eigenvalue weighted by atomic mass is 10.2. The number of hydrogen-bond donors (Lipinski definition) is 1. The number of rotatable bonds is 6. The van der Waals surface area contributed by atoms with Crippen molar-refractivity contribution in [1.82, 2.24) is 19.7 Å². The minimum atomic E-state index is -4.61. The number of alkyl halides is 3. The van der Waals surface area contributed by atoms with Crippen LogP contribution in [0, 0.1) is 5.82 Å². The molecule has 8 nitrogen and oxygen atoms in total. The molecule has 2 aromatic carbocycles. The van der Waals surface area contributed by atoms with E-state index in [9.17, 15) is 31.9 Å². The largest absolute Gasteiger partial charge is 0.467 e. The standard InChI is InChI=1S/C23H16F4N4O4/c24-16-4-1-3-14(11-16)13-30-21(33)19(20(32)28-12-18-5-2-10-35-18)29-31(22(30)34)17-8-6-15(7-9-17)23(25,26)27/h1-11H,12-13H2,(H,28,32). The first-order valence-corrected chi connectivity index (χ1v) is 10.1. The van der Waals surface area contributed by atoms with Crippen molar-refractivity contribution in [3.8, 4) is 5.69 Å². The van der Waals surface area contributed by atoms with Gasteiger partial charge in [-0.05, 0) is 54.1 Å². The smallest absolute Gasteiger partial charge is 0.416 e. The molecule has 1 N–H and O–H groups in total. The molecule has 180 valence electrons. The molecule has 1 amide bonds. The van der Waals surface area contributed by atoms with Crippen LogP contribution in [0.2, 0.25) is 0 Å². The Hall–Kier alpha value is -4.48.